The summed E-state index contributed by atoms with van der Waals surface area (Å²) in [5.74, 6) is 0.762. The smallest absolute Gasteiger partial charge is 0.338 e. The lowest BCUT2D eigenvalue weighted by Crippen LogP contribution is -2.39. The van der Waals surface area contributed by atoms with E-state index in [4.69, 9.17) is 14.2 Å². The van der Waals surface area contributed by atoms with Gasteiger partial charge in [-0.25, -0.2) is 9.79 Å². The number of hydrogen-bond donors (Lipinski definition) is 0. The van der Waals surface area contributed by atoms with E-state index in [2.05, 4.69) is 34.2 Å². The maximum atomic E-state index is 13.8. The van der Waals surface area contributed by atoms with Gasteiger partial charge in [-0.2, -0.15) is 0 Å². The monoisotopic (exact) mass is 644 g/mol. The molecular weight excluding hydrogens is 615 g/mol. The van der Waals surface area contributed by atoms with Crippen LogP contribution in [0.25, 0.3) is 6.08 Å². The molecule has 2 heterocycles. The summed E-state index contributed by atoms with van der Waals surface area (Å²) in [6.07, 6.45) is 3.50. The van der Waals surface area contributed by atoms with Gasteiger partial charge in [-0.05, 0) is 79.6 Å². The highest BCUT2D eigenvalue weighted by atomic mass is 127. The molecule has 0 fully saturated rings. The molecule has 1 aromatic heterocycles. The van der Waals surface area contributed by atoms with Crippen molar-refractivity contribution in [1.29, 1.82) is 0 Å². The summed E-state index contributed by atoms with van der Waals surface area (Å²) in [4.78, 5) is 32.0. The van der Waals surface area contributed by atoms with Gasteiger partial charge in [0.15, 0.2) is 16.3 Å². The van der Waals surface area contributed by atoms with Crippen molar-refractivity contribution >= 4 is 46.0 Å². The van der Waals surface area contributed by atoms with Crippen molar-refractivity contribution in [3.05, 3.63) is 100 Å². The van der Waals surface area contributed by atoms with Crippen molar-refractivity contribution in [2.24, 2.45) is 4.99 Å². The van der Waals surface area contributed by atoms with Gasteiger partial charge in [0, 0.05) is 0 Å². The Hall–Kier alpha value is -3.18. The van der Waals surface area contributed by atoms with Gasteiger partial charge in [0.25, 0.3) is 5.56 Å². The van der Waals surface area contributed by atoms with Crippen LogP contribution in [0.4, 0.5) is 0 Å². The van der Waals surface area contributed by atoms with Gasteiger partial charge in [0.1, 0.15) is 6.61 Å². The average Bonchev–Trinajstić information content (AvgIpc) is 3.17. The molecule has 1 aliphatic rings. The highest BCUT2D eigenvalue weighted by Crippen LogP contribution is 2.35. The van der Waals surface area contributed by atoms with Crippen molar-refractivity contribution < 1.29 is 19.0 Å². The average molecular weight is 645 g/mol. The van der Waals surface area contributed by atoms with E-state index >= 15 is 0 Å². The third-order valence-corrected chi connectivity index (χ3v) is 7.67. The van der Waals surface area contributed by atoms with Crippen LogP contribution >= 0.6 is 33.9 Å². The zero-order chi connectivity index (χ0) is 27.4. The summed E-state index contributed by atoms with van der Waals surface area (Å²) >= 11 is 3.48. The van der Waals surface area contributed by atoms with Crippen LogP contribution in [0.15, 0.2) is 70.1 Å². The summed E-state index contributed by atoms with van der Waals surface area (Å²) in [6, 6.07) is 11.0. The number of esters is 1. The zero-order valence-corrected chi connectivity index (χ0v) is 24.7. The number of fused-ring (bicyclic) bond motifs is 1. The molecular formula is C29H29IN2O5S. The predicted molar refractivity (Wildman–Crippen MR) is 158 cm³/mol. The van der Waals surface area contributed by atoms with Crippen LogP contribution in [0.5, 0.6) is 11.5 Å². The largest absolute Gasteiger partial charge is 0.490 e. The number of hydrogen-bond acceptors (Lipinski definition) is 7. The molecule has 0 unspecified atom stereocenters. The number of thiazole rings is 1. The van der Waals surface area contributed by atoms with E-state index in [1.807, 2.05) is 56.3 Å². The van der Waals surface area contributed by atoms with Crippen LogP contribution in [0.3, 0.4) is 0 Å². The number of nitrogens with zero attached hydrogens (tertiary/aromatic N) is 2. The van der Waals surface area contributed by atoms with E-state index in [9.17, 15) is 9.59 Å². The second-order valence-corrected chi connectivity index (χ2v) is 10.7. The molecule has 38 heavy (non-hydrogen) atoms. The molecule has 0 radical (unpaired) electrons. The highest BCUT2D eigenvalue weighted by molar-refractivity contribution is 14.1. The first-order valence-electron chi connectivity index (χ1n) is 12.2. The normalized spacial score (nSPS) is 15.1. The van der Waals surface area contributed by atoms with Crippen LogP contribution in [-0.2, 0) is 9.53 Å². The van der Waals surface area contributed by atoms with Gasteiger partial charge in [0.2, 0.25) is 0 Å². The number of ether oxygens (including phenoxy) is 3. The fourth-order valence-electron chi connectivity index (χ4n) is 4.22. The minimum atomic E-state index is -0.637. The molecule has 2 aromatic carbocycles. The summed E-state index contributed by atoms with van der Waals surface area (Å²) in [5, 5.41) is 0. The molecule has 3 aromatic rings. The first kappa shape index (κ1) is 27.8. The molecule has 0 aliphatic carbocycles. The van der Waals surface area contributed by atoms with Crippen LogP contribution in [0.2, 0.25) is 0 Å². The van der Waals surface area contributed by atoms with Gasteiger partial charge in [-0.1, -0.05) is 53.8 Å². The minimum absolute atomic E-state index is 0.228. The van der Waals surface area contributed by atoms with Crippen molar-refractivity contribution in [2.75, 3.05) is 19.8 Å². The molecule has 198 valence electrons. The standard InChI is InChI=1S/C29H29IN2O5S/c1-6-13-37-26-21(30)14-19(15-22(26)35-7-2)16-23-27(33)32-25(20-11-9-17(4)10-12-20)24(28(34)36-8-3)18(5)31-29(32)38-23/h6,9-12,14-16,25H,1,7-8,13H2,2-5H3/b23-16-/t25-/m1/s1. The summed E-state index contributed by atoms with van der Waals surface area (Å²) in [7, 11) is 0. The molecule has 0 amide bonds. The lowest BCUT2D eigenvalue weighted by atomic mass is 9.95. The topological polar surface area (TPSA) is 79.1 Å². The Morgan fingerprint density at radius 3 is 2.55 bits per heavy atom. The van der Waals surface area contributed by atoms with Gasteiger partial charge < -0.3 is 14.2 Å². The SMILES string of the molecule is C=CCOc1c(I)cc(/C=c2\sc3n(c2=O)[C@H](c2ccc(C)cc2)C(C(=O)OCC)=C(C)N=3)cc1OCC. The molecule has 0 spiro atoms. The number of benzene rings is 2. The fourth-order valence-corrected chi connectivity index (χ4v) is 6.05. The van der Waals surface area contributed by atoms with Crippen LogP contribution in [0.1, 0.15) is 43.5 Å². The Labute approximate surface area is 238 Å². The lowest BCUT2D eigenvalue weighted by molar-refractivity contribution is -0.139. The van der Waals surface area contributed by atoms with E-state index in [0.29, 0.717) is 45.3 Å². The van der Waals surface area contributed by atoms with Crippen molar-refractivity contribution in [3.8, 4) is 11.5 Å². The second kappa shape index (κ2) is 12.1. The Morgan fingerprint density at radius 2 is 1.89 bits per heavy atom. The first-order valence-corrected chi connectivity index (χ1v) is 14.1. The van der Waals surface area contributed by atoms with Gasteiger partial charge in [0.05, 0.1) is 38.6 Å². The summed E-state index contributed by atoms with van der Waals surface area (Å²) < 4.78 is 19.9. The number of rotatable bonds is 9. The highest BCUT2D eigenvalue weighted by Gasteiger charge is 2.33. The first-order chi connectivity index (χ1) is 18.3. The Morgan fingerprint density at radius 1 is 1.16 bits per heavy atom. The van der Waals surface area contributed by atoms with Crippen molar-refractivity contribution in [3.63, 3.8) is 0 Å². The van der Waals surface area contributed by atoms with Crippen molar-refractivity contribution in [2.45, 2.75) is 33.7 Å². The molecule has 0 saturated carbocycles. The molecule has 1 atom stereocenters. The minimum Gasteiger partial charge on any atom is -0.490 e. The summed E-state index contributed by atoms with van der Waals surface area (Å²) in [6.45, 7) is 12.2. The molecule has 0 N–H and O–H groups in total. The summed E-state index contributed by atoms with van der Waals surface area (Å²) in [5.41, 5.74) is 3.37. The van der Waals surface area contributed by atoms with Crippen LogP contribution < -0.4 is 24.4 Å². The zero-order valence-electron chi connectivity index (χ0n) is 21.7. The number of aromatic nitrogens is 1. The van der Waals surface area contributed by atoms with E-state index < -0.39 is 12.0 Å². The number of allylic oxidation sites excluding steroid dienone is 1. The molecule has 0 bridgehead atoms. The predicted octanol–water partition coefficient (Wildman–Crippen LogP) is 4.67. The second-order valence-electron chi connectivity index (χ2n) is 8.58. The Kier molecular flexibility index (Phi) is 8.88. The van der Waals surface area contributed by atoms with Crippen molar-refractivity contribution in [1.82, 2.24) is 4.57 Å². The van der Waals surface area contributed by atoms with Crippen LogP contribution in [0, 0.1) is 10.5 Å². The molecule has 7 nitrogen and oxygen atoms in total. The third-order valence-electron chi connectivity index (χ3n) is 5.89. The number of aryl methyl sites for hydroxylation is 1. The maximum absolute atomic E-state index is 13.8. The molecule has 4 rings (SSSR count). The number of carbonyl (C=O) groups excluding carboxylic acids is 1. The van der Waals surface area contributed by atoms with Crippen LogP contribution in [-0.4, -0.2) is 30.4 Å². The van der Waals surface area contributed by atoms with Gasteiger partial charge >= 0.3 is 5.97 Å². The van der Waals surface area contributed by atoms with E-state index in [1.54, 1.807) is 24.5 Å². The Bertz CT molecular complexity index is 1580. The molecule has 0 saturated heterocycles. The van der Waals surface area contributed by atoms with E-state index in [0.717, 1.165) is 20.3 Å². The Balaban J connectivity index is 1.90. The van der Waals surface area contributed by atoms with E-state index in [1.165, 1.54) is 11.3 Å². The van der Waals surface area contributed by atoms with E-state index in [-0.39, 0.29) is 12.2 Å². The van der Waals surface area contributed by atoms with Gasteiger partial charge in [-0.3, -0.25) is 9.36 Å². The number of halogens is 1. The molecule has 1 aliphatic heterocycles. The maximum Gasteiger partial charge on any atom is 0.338 e. The fraction of sp³-hybridized carbons (Fsp3) is 0.276. The number of carbonyl (C=O) groups is 1. The quantitative estimate of drug-likeness (QED) is 0.192. The van der Waals surface area contributed by atoms with Gasteiger partial charge in [-0.15, -0.1) is 0 Å². The molecule has 9 heteroatoms. The third kappa shape index (κ3) is 5.63. The lowest BCUT2D eigenvalue weighted by Gasteiger charge is -2.24.